The molecular formula is C19H22N6O3S. The number of piperidine rings is 1. The molecule has 152 valence electrons. The number of aryl methyl sites for hydroxylation is 2. The lowest BCUT2D eigenvalue weighted by atomic mass is 9.96. The molecule has 9 nitrogen and oxygen atoms in total. The minimum absolute atomic E-state index is 0.0220. The second-order valence-corrected chi connectivity index (χ2v) is 8.88. The molecule has 4 heterocycles. The topological polar surface area (TPSA) is 114 Å². The fourth-order valence-electron chi connectivity index (χ4n) is 3.59. The third-order valence-corrected chi connectivity index (χ3v) is 7.06. The molecule has 1 aliphatic heterocycles. The lowest BCUT2D eigenvalue weighted by Crippen LogP contribution is -2.39. The van der Waals surface area contributed by atoms with Crippen LogP contribution in [0, 0.1) is 13.8 Å². The van der Waals surface area contributed by atoms with Crippen molar-refractivity contribution in [3.8, 4) is 0 Å². The Labute approximate surface area is 169 Å². The molecule has 0 bridgehead atoms. The molecule has 10 heteroatoms. The average molecular weight is 414 g/mol. The molecule has 1 fully saturated rings. The molecule has 29 heavy (non-hydrogen) atoms. The van der Waals surface area contributed by atoms with Crippen LogP contribution in [0.25, 0.3) is 0 Å². The largest absolute Gasteiger partial charge is 0.360 e. The number of nitrogens with zero attached hydrogens (tertiary/aromatic N) is 5. The summed E-state index contributed by atoms with van der Waals surface area (Å²) in [5.74, 6) is 1.38. The Bertz CT molecular complexity index is 1080. The summed E-state index contributed by atoms with van der Waals surface area (Å²) in [6.07, 6.45) is 4.97. The van der Waals surface area contributed by atoms with Gasteiger partial charge in [-0.2, -0.15) is 4.31 Å². The molecule has 4 rings (SSSR count). The van der Waals surface area contributed by atoms with Crippen LogP contribution in [0.3, 0.4) is 0 Å². The van der Waals surface area contributed by atoms with Crippen molar-refractivity contribution in [1.82, 2.24) is 24.4 Å². The van der Waals surface area contributed by atoms with Crippen LogP contribution in [-0.4, -0.2) is 45.9 Å². The number of anilines is 2. The molecule has 0 amide bonds. The number of pyridine rings is 1. The van der Waals surface area contributed by atoms with Crippen molar-refractivity contribution in [1.29, 1.82) is 0 Å². The summed E-state index contributed by atoms with van der Waals surface area (Å²) in [5, 5.41) is 6.87. The van der Waals surface area contributed by atoms with Crippen molar-refractivity contribution in [2.75, 3.05) is 18.4 Å². The normalized spacial score (nSPS) is 17.9. The van der Waals surface area contributed by atoms with Crippen LogP contribution in [0.2, 0.25) is 0 Å². The van der Waals surface area contributed by atoms with Gasteiger partial charge in [0.05, 0.1) is 5.69 Å². The minimum atomic E-state index is -3.67. The van der Waals surface area contributed by atoms with Gasteiger partial charge in [-0.1, -0.05) is 11.2 Å². The number of hydrogen-bond acceptors (Lipinski definition) is 8. The maximum absolute atomic E-state index is 13.1. The second kappa shape index (κ2) is 7.88. The molecule has 3 aromatic rings. The van der Waals surface area contributed by atoms with E-state index in [0.717, 1.165) is 18.5 Å². The summed E-state index contributed by atoms with van der Waals surface area (Å²) in [5.41, 5.74) is 1.19. The van der Waals surface area contributed by atoms with Crippen LogP contribution in [0.1, 0.15) is 35.9 Å². The molecule has 1 N–H and O–H groups in total. The van der Waals surface area contributed by atoms with E-state index in [2.05, 4.69) is 25.4 Å². The standard InChI is InChI=1S/C19H22N6O3S/c1-13-18(14(2)28-24-13)29(26,27)25-11-5-6-15(12-25)16-8-10-21-19(22-16)23-17-7-3-4-9-20-17/h3-4,7-10,15H,5-6,11-12H2,1-2H3,(H,20,21,22,23). The van der Waals surface area contributed by atoms with Crippen LogP contribution < -0.4 is 5.32 Å². The van der Waals surface area contributed by atoms with E-state index in [1.807, 2.05) is 24.3 Å². The third kappa shape index (κ3) is 3.99. The zero-order valence-electron chi connectivity index (χ0n) is 16.2. The average Bonchev–Trinajstić information content (AvgIpc) is 3.08. The molecule has 0 spiro atoms. The number of nitrogens with one attached hydrogen (secondary N) is 1. The van der Waals surface area contributed by atoms with Crippen molar-refractivity contribution in [2.24, 2.45) is 0 Å². The van der Waals surface area contributed by atoms with Gasteiger partial charge in [0.25, 0.3) is 0 Å². The molecule has 0 aromatic carbocycles. The second-order valence-electron chi connectivity index (χ2n) is 7.00. The monoisotopic (exact) mass is 414 g/mol. The van der Waals surface area contributed by atoms with E-state index in [-0.39, 0.29) is 10.8 Å². The Morgan fingerprint density at radius 2 is 2.03 bits per heavy atom. The fraction of sp³-hybridized carbons (Fsp3) is 0.368. The van der Waals surface area contributed by atoms with Crippen molar-refractivity contribution in [2.45, 2.75) is 37.5 Å². The summed E-state index contributed by atoms with van der Waals surface area (Å²) < 4.78 is 32.9. The molecular weight excluding hydrogens is 392 g/mol. The van der Waals surface area contributed by atoms with Crippen LogP contribution in [0.5, 0.6) is 0 Å². The van der Waals surface area contributed by atoms with Gasteiger partial charge in [-0.25, -0.2) is 23.4 Å². The number of rotatable bonds is 5. The highest BCUT2D eigenvalue weighted by atomic mass is 32.2. The predicted octanol–water partition coefficient (Wildman–Crippen LogP) is 2.79. The van der Waals surface area contributed by atoms with E-state index in [1.54, 1.807) is 26.2 Å². The fourth-order valence-corrected chi connectivity index (χ4v) is 5.40. The summed E-state index contributed by atoms with van der Waals surface area (Å²) in [4.78, 5) is 13.2. The molecule has 3 aromatic heterocycles. The van der Waals surface area contributed by atoms with Gasteiger partial charge in [0.1, 0.15) is 16.4 Å². The van der Waals surface area contributed by atoms with Gasteiger partial charge in [0, 0.05) is 31.4 Å². The van der Waals surface area contributed by atoms with Crippen LogP contribution in [0.15, 0.2) is 46.1 Å². The quantitative estimate of drug-likeness (QED) is 0.678. The van der Waals surface area contributed by atoms with E-state index in [4.69, 9.17) is 4.52 Å². The van der Waals surface area contributed by atoms with Crippen molar-refractivity contribution in [3.05, 3.63) is 53.8 Å². The number of aromatic nitrogens is 4. The first kappa shape index (κ1) is 19.5. The van der Waals surface area contributed by atoms with Crippen LogP contribution in [0.4, 0.5) is 11.8 Å². The van der Waals surface area contributed by atoms with Crippen molar-refractivity contribution < 1.29 is 12.9 Å². The van der Waals surface area contributed by atoms with Gasteiger partial charge in [0.2, 0.25) is 16.0 Å². The Morgan fingerprint density at radius 3 is 2.76 bits per heavy atom. The van der Waals surface area contributed by atoms with Gasteiger partial charge >= 0.3 is 0 Å². The smallest absolute Gasteiger partial charge is 0.248 e. The first-order chi connectivity index (χ1) is 13.9. The Morgan fingerprint density at radius 1 is 1.17 bits per heavy atom. The minimum Gasteiger partial charge on any atom is -0.360 e. The van der Waals surface area contributed by atoms with Crippen molar-refractivity contribution >= 4 is 21.8 Å². The number of sulfonamides is 1. The maximum Gasteiger partial charge on any atom is 0.248 e. The van der Waals surface area contributed by atoms with E-state index in [0.29, 0.717) is 36.3 Å². The Hall–Kier alpha value is -2.85. The zero-order chi connectivity index (χ0) is 20.4. The molecule has 1 saturated heterocycles. The van der Waals surface area contributed by atoms with E-state index in [1.165, 1.54) is 4.31 Å². The lowest BCUT2D eigenvalue weighted by molar-refractivity contribution is 0.312. The molecule has 0 saturated carbocycles. The van der Waals surface area contributed by atoms with Gasteiger partial charge in [-0.05, 0) is 44.9 Å². The van der Waals surface area contributed by atoms with Crippen molar-refractivity contribution in [3.63, 3.8) is 0 Å². The lowest BCUT2D eigenvalue weighted by Gasteiger charge is -2.31. The zero-order valence-corrected chi connectivity index (χ0v) is 17.1. The summed E-state index contributed by atoms with van der Waals surface area (Å²) in [7, 11) is -3.67. The first-order valence-corrected chi connectivity index (χ1v) is 10.8. The number of hydrogen-bond donors (Lipinski definition) is 1. The molecule has 1 unspecified atom stereocenters. The third-order valence-electron chi connectivity index (χ3n) is 4.95. The maximum atomic E-state index is 13.1. The van der Waals surface area contributed by atoms with Gasteiger partial charge in [0.15, 0.2) is 5.76 Å². The van der Waals surface area contributed by atoms with E-state index >= 15 is 0 Å². The van der Waals surface area contributed by atoms with Gasteiger partial charge < -0.3 is 9.84 Å². The van der Waals surface area contributed by atoms with E-state index in [9.17, 15) is 8.42 Å². The summed E-state index contributed by atoms with van der Waals surface area (Å²) >= 11 is 0. The van der Waals surface area contributed by atoms with Crippen LogP contribution >= 0.6 is 0 Å². The summed E-state index contributed by atoms with van der Waals surface area (Å²) in [6, 6.07) is 7.37. The summed E-state index contributed by atoms with van der Waals surface area (Å²) in [6.45, 7) is 4.08. The highest BCUT2D eigenvalue weighted by Gasteiger charge is 2.35. The highest BCUT2D eigenvalue weighted by molar-refractivity contribution is 7.89. The van der Waals surface area contributed by atoms with Gasteiger partial charge in [-0.15, -0.1) is 0 Å². The molecule has 1 atom stereocenters. The first-order valence-electron chi connectivity index (χ1n) is 9.39. The molecule has 0 aliphatic carbocycles. The van der Waals surface area contributed by atoms with Crippen LogP contribution in [-0.2, 0) is 10.0 Å². The Balaban J connectivity index is 1.55. The van der Waals surface area contributed by atoms with Gasteiger partial charge in [-0.3, -0.25) is 0 Å². The molecule has 1 aliphatic rings. The van der Waals surface area contributed by atoms with E-state index < -0.39 is 10.0 Å². The SMILES string of the molecule is Cc1noc(C)c1S(=O)(=O)N1CCCC(c2ccnc(Nc3ccccn3)n2)C1. The predicted molar refractivity (Wildman–Crippen MR) is 106 cm³/mol. The highest BCUT2D eigenvalue weighted by Crippen LogP contribution is 2.31. The molecule has 0 radical (unpaired) electrons. The Kier molecular flexibility index (Phi) is 5.29.